The Bertz CT molecular complexity index is 675. The lowest BCUT2D eigenvalue weighted by atomic mass is 10.2. The minimum atomic E-state index is -0.676. The van der Waals surface area contributed by atoms with Crippen LogP contribution in [-0.2, 0) is 6.54 Å². The van der Waals surface area contributed by atoms with Crippen molar-refractivity contribution >= 4 is 12.3 Å². The van der Waals surface area contributed by atoms with Gasteiger partial charge in [-0.2, -0.15) is 0 Å². The largest absolute Gasteiger partial charge is 0.494 e. The van der Waals surface area contributed by atoms with Crippen LogP contribution in [0.5, 0.6) is 5.88 Å². The number of aliphatic imine (C=N–C) groups is 1. The zero-order chi connectivity index (χ0) is 13.1. The third kappa shape index (κ3) is 2.08. The van der Waals surface area contributed by atoms with Crippen LogP contribution >= 0.6 is 0 Å². The number of nitrogens with one attached hydrogen (secondary N) is 1. The lowest BCUT2D eigenvalue weighted by molar-refractivity contribution is 0.409. The molecule has 0 saturated carbocycles. The maximum atomic E-state index is 11.6. The van der Waals surface area contributed by atoms with Crippen LogP contribution in [0.3, 0.4) is 0 Å². The van der Waals surface area contributed by atoms with Gasteiger partial charge in [0.15, 0.2) is 0 Å². The van der Waals surface area contributed by atoms with Crippen LogP contribution in [-0.4, -0.2) is 20.9 Å². The van der Waals surface area contributed by atoms with Crippen LogP contribution < -0.4 is 11.2 Å². The molecule has 1 aromatic rings. The molecule has 2 heterocycles. The van der Waals surface area contributed by atoms with E-state index in [9.17, 15) is 14.7 Å². The van der Waals surface area contributed by atoms with Gasteiger partial charge in [0.05, 0.1) is 5.70 Å². The molecular weight excluding hydrogens is 234 g/mol. The molecule has 92 valence electrons. The number of aromatic nitrogens is 2. The third-order valence-corrected chi connectivity index (χ3v) is 2.39. The van der Waals surface area contributed by atoms with E-state index in [-0.39, 0.29) is 12.1 Å². The molecule has 0 aliphatic carbocycles. The van der Waals surface area contributed by atoms with Crippen molar-refractivity contribution in [2.45, 2.75) is 6.54 Å². The van der Waals surface area contributed by atoms with Crippen LogP contribution in [0.1, 0.15) is 5.56 Å². The minimum absolute atomic E-state index is 0.00449. The van der Waals surface area contributed by atoms with Crippen LogP contribution in [0.25, 0.3) is 6.08 Å². The Kier molecular flexibility index (Phi) is 3.09. The van der Waals surface area contributed by atoms with Gasteiger partial charge in [0.2, 0.25) is 5.88 Å². The third-order valence-electron chi connectivity index (χ3n) is 2.39. The molecule has 0 unspecified atom stereocenters. The summed E-state index contributed by atoms with van der Waals surface area (Å²) in [4.78, 5) is 29.2. The van der Waals surface area contributed by atoms with Crippen LogP contribution in [0, 0.1) is 0 Å². The summed E-state index contributed by atoms with van der Waals surface area (Å²) in [7, 11) is 0. The minimum Gasteiger partial charge on any atom is -0.494 e. The van der Waals surface area contributed by atoms with Crippen molar-refractivity contribution in [3.63, 3.8) is 0 Å². The summed E-state index contributed by atoms with van der Waals surface area (Å²) in [6.45, 7) is 3.59. The predicted molar refractivity (Wildman–Crippen MR) is 68.8 cm³/mol. The molecule has 6 nitrogen and oxygen atoms in total. The van der Waals surface area contributed by atoms with E-state index < -0.39 is 17.1 Å². The van der Waals surface area contributed by atoms with Gasteiger partial charge < -0.3 is 5.11 Å². The number of hydrogen-bond acceptors (Lipinski definition) is 4. The van der Waals surface area contributed by atoms with E-state index in [1.165, 1.54) is 12.2 Å². The summed E-state index contributed by atoms with van der Waals surface area (Å²) in [5, 5.41) is 9.92. The summed E-state index contributed by atoms with van der Waals surface area (Å²) in [5.74, 6) is -0.397. The molecule has 0 aromatic carbocycles. The van der Waals surface area contributed by atoms with E-state index in [0.29, 0.717) is 5.70 Å². The van der Waals surface area contributed by atoms with Crippen LogP contribution in [0.2, 0.25) is 0 Å². The summed E-state index contributed by atoms with van der Waals surface area (Å²) >= 11 is 0. The SMILES string of the molecule is C=CCn1c(O)c(C=C2C=CC=N2)c(=O)[nH]c1=O. The number of H-pyrrole nitrogens is 1. The molecule has 0 fully saturated rings. The molecule has 1 aliphatic rings. The van der Waals surface area contributed by atoms with Crippen molar-refractivity contribution in [1.29, 1.82) is 0 Å². The molecular formula is C12H11N3O3. The number of nitrogens with zero attached hydrogens (tertiary/aromatic N) is 2. The van der Waals surface area contributed by atoms with E-state index in [1.54, 1.807) is 18.4 Å². The van der Waals surface area contributed by atoms with Crippen molar-refractivity contribution < 1.29 is 5.11 Å². The molecule has 0 spiro atoms. The smallest absolute Gasteiger partial charge is 0.331 e. The number of aromatic amines is 1. The molecule has 2 N–H and O–H groups in total. The van der Waals surface area contributed by atoms with Gasteiger partial charge in [0.25, 0.3) is 5.56 Å². The second-order valence-electron chi connectivity index (χ2n) is 3.60. The average Bonchev–Trinajstić information content (AvgIpc) is 2.83. The first kappa shape index (κ1) is 11.8. The Morgan fingerprint density at radius 3 is 2.89 bits per heavy atom. The monoisotopic (exact) mass is 245 g/mol. The maximum absolute atomic E-state index is 11.6. The Hall–Kier alpha value is -2.63. The number of rotatable bonds is 3. The second-order valence-corrected chi connectivity index (χ2v) is 3.60. The quantitative estimate of drug-likeness (QED) is 0.756. The first-order valence-corrected chi connectivity index (χ1v) is 5.23. The Morgan fingerprint density at radius 2 is 2.28 bits per heavy atom. The molecule has 0 radical (unpaired) electrons. The standard InChI is InChI=1S/C12H11N3O3/c1-2-6-15-11(17)9(10(16)14-12(15)18)7-8-4-3-5-13-8/h2-5,7,17H,1,6H2,(H,14,16,18). The highest BCUT2D eigenvalue weighted by atomic mass is 16.3. The molecule has 18 heavy (non-hydrogen) atoms. The molecule has 0 bridgehead atoms. The molecule has 2 rings (SSSR count). The lowest BCUT2D eigenvalue weighted by Gasteiger charge is -2.07. The van der Waals surface area contributed by atoms with Gasteiger partial charge in [0.1, 0.15) is 5.56 Å². The summed E-state index contributed by atoms with van der Waals surface area (Å²) in [5.41, 5.74) is -0.805. The fourth-order valence-corrected chi connectivity index (χ4v) is 1.55. The van der Waals surface area contributed by atoms with Crippen molar-refractivity contribution in [2.24, 2.45) is 4.99 Å². The van der Waals surface area contributed by atoms with Crippen molar-refractivity contribution in [2.75, 3.05) is 0 Å². The topological polar surface area (TPSA) is 87.4 Å². The molecule has 1 aromatic heterocycles. The van der Waals surface area contributed by atoms with E-state index in [2.05, 4.69) is 16.6 Å². The van der Waals surface area contributed by atoms with Gasteiger partial charge in [-0.3, -0.25) is 19.3 Å². The highest BCUT2D eigenvalue weighted by Gasteiger charge is 2.12. The summed E-state index contributed by atoms with van der Waals surface area (Å²) in [6.07, 6.45) is 7.81. The van der Waals surface area contributed by atoms with E-state index >= 15 is 0 Å². The number of allylic oxidation sites excluding steroid dienone is 3. The Morgan fingerprint density at radius 1 is 1.50 bits per heavy atom. The van der Waals surface area contributed by atoms with Gasteiger partial charge in [-0.1, -0.05) is 6.08 Å². The number of aromatic hydroxyl groups is 1. The van der Waals surface area contributed by atoms with Gasteiger partial charge in [-0.15, -0.1) is 6.58 Å². The fraction of sp³-hybridized carbons (Fsp3) is 0.0833. The van der Waals surface area contributed by atoms with Gasteiger partial charge in [-0.25, -0.2) is 4.79 Å². The van der Waals surface area contributed by atoms with E-state index in [4.69, 9.17) is 0 Å². The molecule has 0 amide bonds. The highest BCUT2D eigenvalue weighted by molar-refractivity contribution is 5.79. The lowest BCUT2D eigenvalue weighted by Crippen LogP contribution is -2.31. The van der Waals surface area contributed by atoms with Crippen molar-refractivity contribution in [3.05, 3.63) is 56.9 Å². The second kappa shape index (κ2) is 4.70. The highest BCUT2D eigenvalue weighted by Crippen LogP contribution is 2.16. The van der Waals surface area contributed by atoms with E-state index in [0.717, 1.165) is 4.57 Å². The van der Waals surface area contributed by atoms with Gasteiger partial charge in [0, 0.05) is 12.8 Å². The van der Waals surface area contributed by atoms with Crippen LogP contribution in [0.15, 0.2) is 45.1 Å². The first-order chi connectivity index (χ1) is 8.63. The summed E-state index contributed by atoms with van der Waals surface area (Å²) in [6, 6.07) is 0. The maximum Gasteiger partial charge on any atom is 0.331 e. The Labute approximate surface area is 102 Å². The van der Waals surface area contributed by atoms with Gasteiger partial charge in [-0.05, 0) is 18.2 Å². The zero-order valence-electron chi connectivity index (χ0n) is 9.46. The zero-order valence-corrected chi connectivity index (χ0v) is 9.46. The average molecular weight is 245 g/mol. The van der Waals surface area contributed by atoms with Gasteiger partial charge >= 0.3 is 5.69 Å². The molecule has 1 aliphatic heterocycles. The van der Waals surface area contributed by atoms with Crippen LogP contribution in [0.4, 0.5) is 0 Å². The summed E-state index contributed by atoms with van der Waals surface area (Å²) < 4.78 is 1.02. The molecule has 0 saturated heterocycles. The fourth-order valence-electron chi connectivity index (χ4n) is 1.55. The molecule has 0 atom stereocenters. The first-order valence-electron chi connectivity index (χ1n) is 5.23. The Balaban J connectivity index is 2.64. The normalized spacial score (nSPS) is 15.4. The number of hydrogen-bond donors (Lipinski definition) is 2. The predicted octanol–water partition coefficient (Wildman–Crippen LogP) is 0.410. The van der Waals surface area contributed by atoms with E-state index in [1.807, 2.05) is 0 Å². The molecule has 6 heteroatoms. The van der Waals surface area contributed by atoms with Crippen molar-refractivity contribution in [1.82, 2.24) is 9.55 Å². The van der Waals surface area contributed by atoms with Crippen molar-refractivity contribution in [3.8, 4) is 5.88 Å².